The molecule has 0 spiro atoms. The molecule has 4 atom stereocenters. The zero-order valence-corrected chi connectivity index (χ0v) is 10.1. The van der Waals surface area contributed by atoms with E-state index in [2.05, 4.69) is 19.6 Å². The lowest BCUT2D eigenvalue weighted by molar-refractivity contribution is 0.486. The van der Waals surface area contributed by atoms with Gasteiger partial charge in [0.2, 0.25) is 0 Å². The standard InChI is InChI=1S/C10H19ClSi/c1-12(2,3)10-7-5-4-6-8(11)9(7)10/h7-10H,4-6H2,1-3H3/t7-,8?,9-,10-/m1/s1. The van der Waals surface area contributed by atoms with Gasteiger partial charge in [-0.05, 0) is 23.8 Å². The summed E-state index contributed by atoms with van der Waals surface area (Å²) in [5.74, 6) is 1.96. The first-order valence-electron chi connectivity index (χ1n) is 5.16. The highest BCUT2D eigenvalue weighted by Crippen LogP contribution is 2.65. The summed E-state index contributed by atoms with van der Waals surface area (Å²) in [4.78, 5) is 0. The van der Waals surface area contributed by atoms with Gasteiger partial charge in [-0.2, -0.15) is 0 Å². The van der Waals surface area contributed by atoms with Crippen molar-refractivity contribution >= 4 is 19.7 Å². The van der Waals surface area contributed by atoms with Crippen LogP contribution in [-0.2, 0) is 0 Å². The van der Waals surface area contributed by atoms with Gasteiger partial charge in [0.05, 0.1) is 0 Å². The highest BCUT2D eigenvalue weighted by molar-refractivity contribution is 6.78. The molecule has 0 heterocycles. The second-order valence-corrected chi connectivity index (χ2v) is 11.5. The molecule has 2 aliphatic carbocycles. The van der Waals surface area contributed by atoms with E-state index in [1.165, 1.54) is 19.3 Å². The van der Waals surface area contributed by atoms with Crippen LogP contribution in [-0.4, -0.2) is 13.5 Å². The molecule has 2 heteroatoms. The van der Waals surface area contributed by atoms with E-state index in [4.69, 9.17) is 11.6 Å². The Labute approximate surface area is 81.7 Å². The summed E-state index contributed by atoms with van der Waals surface area (Å²) in [7, 11) is -0.878. The molecule has 0 N–H and O–H groups in total. The van der Waals surface area contributed by atoms with Crippen LogP contribution in [0.25, 0.3) is 0 Å². The Morgan fingerprint density at radius 2 is 1.83 bits per heavy atom. The first kappa shape index (κ1) is 9.08. The van der Waals surface area contributed by atoms with Crippen molar-refractivity contribution in [3.63, 3.8) is 0 Å². The van der Waals surface area contributed by atoms with Crippen molar-refractivity contribution in [2.75, 3.05) is 0 Å². The number of alkyl halides is 1. The molecule has 0 bridgehead atoms. The SMILES string of the molecule is C[Si](C)(C)[C@@H]1[C@@H]2CCCC(Cl)[C@@H]21. The van der Waals surface area contributed by atoms with Gasteiger partial charge < -0.3 is 0 Å². The smallest absolute Gasteiger partial charge is 0.0480 e. The Bertz CT molecular complexity index is 185. The third kappa shape index (κ3) is 1.35. The van der Waals surface area contributed by atoms with Crippen LogP contribution in [0.2, 0.25) is 25.2 Å². The third-order valence-corrected chi connectivity index (χ3v) is 6.99. The Morgan fingerprint density at radius 3 is 2.33 bits per heavy atom. The summed E-state index contributed by atoms with van der Waals surface area (Å²) < 4.78 is 0. The van der Waals surface area contributed by atoms with Crippen LogP contribution in [0.5, 0.6) is 0 Å². The molecule has 2 fully saturated rings. The van der Waals surface area contributed by atoms with Gasteiger partial charge in [-0.3, -0.25) is 0 Å². The summed E-state index contributed by atoms with van der Waals surface area (Å²) in [5.41, 5.74) is 1.06. The van der Waals surface area contributed by atoms with Crippen molar-refractivity contribution in [2.24, 2.45) is 11.8 Å². The lowest BCUT2D eigenvalue weighted by atomic mass is 10.0. The molecule has 1 unspecified atom stereocenters. The number of fused-ring (bicyclic) bond motifs is 1. The molecule has 0 amide bonds. The van der Waals surface area contributed by atoms with Gasteiger partial charge in [-0.25, -0.2) is 0 Å². The largest absolute Gasteiger partial charge is 0.123 e. The van der Waals surface area contributed by atoms with Crippen LogP contribution in [0.3, 0.4) is 0 Å². The Kier molecular flexibility index (Phi) is 2.08. The van der Waals surface area contributed by atoms with Gasteiger partial charge in [0.25, 0.3) is 0 Å². The van der Waals surface area contributed by atoms with E-state index in [1.54, 1.807) is 0 Å². The zero-order chi connectivity index (χ0) is 8.93. The first-order valence-corrected chi connectivity index (χ1v) is 9.17. The molecule has 2 saturated carbocycles. The second kappa shape index (κ2) is 2.75. The normalized spacial score (nSPS) is 47.0. The molecule has 0 aromatic rings. The van der Waals surface area contributed by atoms with Crippen LogP contribution in [0.4, 0.5) is 0 Å². The summed E-state index contributed by atoms with van der Waals surface area (Å²) in [6, 6.07) is 0. The predicted octanol–water partition coefficient (Wildman–Crippen LogP) is 3.73. The third-order valence-electron chi connectivity index (χ3n) is 3.66. The molecule has 0 saturated heterocycles. The average molecular weight is 203 g/mol. The van der Waals surface area contributed by atoms with Crippen LogP contribution in [0.1, 0.15) is 19.3 Å². The van der Waals surface area contributed by atoms with E-state index in [0.29, 0.717) is 5.38 Å². The predicted molar refractivity (Wildman–Crippen MR) is 57.6 cm³/mol. The molecule has 0 aromatic heterocycles. The highest BCUT2D eigenvalue weighted by Gasteiger charge is 2.59. The maximum atomic E-state index is 6.33. The second-order valence-electron chi connectivity index (χ2n) is 5.58. The minimum absolute atomic E-state index is 0.528. The molecular weight excluding hydrogens is 184 g/mol. The Hall–Kier alpha value is 0.507. The van der Waals surface area contributed by atoms with E-state index >= 15 is 0 Å². The maximum absolute atomic E-state index is 6.33. The lowest BCUT2D eigenvalue weighted by Crippen LogP contribution is -2.22. The van der Waals surface area contributed by atoms with E-state index in [9.17, 15) is 0 Å². The van der Waals surface area contributed by atoms with Gasteiger partial charge >= 0.3 is 0 Å². The first-order chi connectivity index (χ1) is 5.52. The fraction of sp³-hybridized carbons (Fsp3) is 1.00. The molecule has 2 rings (SSSR count). The number of rotatable bonds is 1. The summed E-state index contributed by atoms with van der Waals surface area (Å²) in [6.07, 6.45) is 4.14. The molecular formula is C10H19ClSi. The molecule has 12 heavy (non-hydrogen) atoms. The summed E-state index contributed by atoms with van der Waals surface area (Å²) in [6.45, 7) is 7.50. The summed E-state index contributed by atoms with van der Waals surface area (Å²) >= 11 is 6.33. The van der Waals surface area contributed by atoms with E-state index < -0.39 is 8.07 Å². The lowest BCUT2D eigenvalue weighted by Gasteiger charge is -2.16. The molecule has 2 aliphatic rings. The molecule has 0 nitrogen and oxygen atoms in total. The molecule has 0 radical (unpaired) electrons. The summed E-state index contributed by atoms with van der Waals surface area (Å²) in [5, 5.41) is 0.528. The molecule has 70 valence electrons. The van der Waals surface area contributed by atoms with Crippen LogP contribution < -0.4 is 0 Å². The van der Waals surface area contributed by atoms with Gasteiger partial charge in [0.15, 0.2) is 0 Å². The van der Waals surface area contributed by atoms with Crippen LogP contribution in [0.15, 0.2) is 0 Å². The van der Waals surface area contributed by atoms with Crippen molar-refractivity contribution in [1.82, 2.24) is 0 Å². The average Bonchev–Trinajstić information content (AvgIpc) is 2.60. The highest BCUT2D eigenvalue weighted by atomic mass is 35.5. The fourth-order valence-electron chi connectivity index (χ4n) is 3.23. The van der Waals surface area contributed by atoms with Crippen LogP contribution in [0, 0.1) is 11.8 Å². The number of hydrogen-bond acceptors (Lipinski definition) is 0. The van der Waals surface area contributed by atoms with Crippen molar-refractivity contribution in [3.05, 3.63) is 0 Å². The zero-order valence-electron chi connectivity index (χ0n) is 8.31. The quantitative estimate of drug-likeness (QED) is 0.449. The Balaban J connectivity index is 2.05. The maximum Gasteiger partial charge on any atom is 0.0480 e. The monoisotopic (exact) mass is 202 g/mol. The minimum atomic E-state index is -0.878. The fourth-order valence-corrected chi connectivity index (χ4v) is 7.04. The van der Waals surface area contributed by atoms with Crippen molar-refractivity contribution in [3.8, 4) is 0 Å². The van der Waals surface area contributed by atoms with Gasteiger partial charge in [0.1, 0.15) is 0 Å². The van der Waals surface area contributed by atoms with E-state index in [0.717, 1.165) is 17.4 Å². The van der Waals surface area contributed by atoms with Gasteiger partial charge in [0, 0.05) is 13.5 Å². The van der Waals surface area contributed by atoms with E-state index in [-0.39, 0.29) is 0 Å². The topological polar surface area (TPSA) is 0 Å². The Morgan fingerprint density at radius 1 is 1.17 bits per heavy atom. The van der Waals surface area contributed by atoms with Crippen molar-refractivity contribution in [2.45, 2.75) is 49.8 Å². The van der Waals surface area contributed by atoms with Crippen molar-refractivity contribution < 1.29 is 0 Å². The molecule has 0 aliphatic heterocycles. The number of hydrogen-bond donors (Lipinski definition) is 0. The van der Waals surface area contributed by atoms with Crippen molar-refractivity contribution in [1.29, 1.82) is 0 Å². The number of halogens is 1. The van der Waals surface area contributed by atoms with Gasteiger partial charge in [-0.15, -0.1) is 11.6 Å². The molecule has 0 aromatic carbocycles. The van der Waals surface area contributed by atoms with Crippen LogP contribution >= 0.6 is 11.6 Å². The minimum Gasteiger partial charge on any atom is -0.123 e. The van der Waals surface area contributed by atoms with Gasteiger partial charge in [-0.1, -0.05) is 32.5 Å². The van der Waals surface area contributed by atoms with E-state index in [1.807, 2.05) is 0 Å².